The lowest BCUT2D eigenvalue weighted by molar-refractivity contribution is 0.00278. The maximum atomic E-state index is 12.0. The minimum absolute atomic E-state index is 0.115. The van der Waals surface area contributed by atoms with Gasteiger partial charge in [-0.15, -0.1) is 0 Å². The number of hydrogen-bond acceptors (Lipinski definition) is 3. The highest BCUT2D eigenvalue weighted by atomic mass is 28.4. The molecule has 0 aromatic rings. The Balaban J connectivity index is 4.24. The normalized spacial score (nSPS) is 12.8. The van der Waals surface area contributed by atoms with Gasteiger partial charge in [-0.2, -0.15) is 0 Å². The van der Waals surface area contributed by atoms with Gasteiger partial charge >= 0.3 is 8.80 Å². The Hall–Kier alpha value is 0.0269. The fourth-order valence-corrected chi connectivity index (χ4v) is 6.19. The monoisotopic (exact) mass is 364 g/mol. The summed E-state index contributed by atoms with van der Waals surface area (Å²) in [5.74, 6) is 0. The van der Waals surface area contributed by atoms with Gasteiger partial charge < -0.3 is 13.3 Å². The van der Waals surface area contributed by atoms with E-state index in [0.717, 1.165) is 31.7 Å². The van der Waals surface area contributed by atoms with Crippen molar-refractivity contribution >= 4 is 8.80 Å². The number of unbranched alkanes of at least 4 members (excludes halogenated alkanes) is 7. The molecule has 0 aromatic heterocycles. The van der Waals surface area contributed by atoms with Gasteiger partial charge in [-0.3, -0.25) is 4.39 Å². The largest absolute Gasteiger partial charge is 0.501 e. The highest BCUT2D eigenvalue weighted by molar-refractivity contribution is 6.60. The molecule has 0 amide bonds. The van der Waals surface area contributed by atoms with E-state index in [-0.39, 0.29) is 25.0 Å². The Kier molecular flexibility index (Phi) is 14.2. The highest BCUT2D eigenvalue weighted by Crippen LogP contribution is 2.25. The zero-order chi connectivity index (χ0) is 18.4. The summed E-state index contributed by atoms with van der Waals surface area (Å²) in [6.45, 7) is 12.1. The number of halogens is 1. The second-order valence-corrected chi connectivity index (χ2v) is 10.0. The first kappa shape index (κ1) is 24.0. The molecule has 0 aliphatic heterocycles. The fourth-order valence-electron chi connectivity index (χ4n) is 2.83. The Morgan fingerprint density at radius 3 is 1.25 bits per heavy atom. The van der Waals surface area contributed by atoms with Crippen LogP contribution in [0.2, 0.25) is 6.04 Å². The van der Waals surface area contributed by atoms with Crippen molar-refractivity contribution in [2.24, 2.45) is 0 Å². The van der Waals surface area contributed by atoms with Crippen LogP contribution in [0.15, 0.2) is 0 Å². The van der Waals surface area contributed by atoms with Gasteiger partial charge in [0.1, 0.15) is 0 Å². The van der Waals surface area contributed by atoms with E-state index in [0.29, 0.717) is 0 Å². The lowest BCUT2D eigenvalue weighted by Gasteiger charge is -2.34. The van der Waals surface area contributed by atoms with E-state index in [2.05, 4.69) is 0 Å². The zero-order valence-corrected chi connectivity index (χ0v) is 17.9. The van der Waals surface area contributed by atoms with Crippen molar-refractivity contribution in [3.05, 3.63) is 0 Å². The zero-order valence-electron chi connectivity index (χ0n) is 16.9. The maximum Gasteiger partial charge on any atom is 0.501 e. The van der Waals surface area contributed by atoms with Crippen LogP contribution in [0.3, 0.4) is 0 Å². The molecule has 0 radical (unpaired) electrons. The first-order chi connectivity index (χ1) is 11.3. The van der Waals surface area contributed by atoms with Crippen LogP contribution in [0.4, 0.5) is 4.39 Å². The average Bonchev–Trinajstić information content (AvgIpc) is 2.43. The van der Waals surface area contributed by atoms with E-state index in [4.69, 9.17) is 13.3 Å². The van der Waals surface area contributed by atoms with Crippen molar-refractivity contribution < 1.29 is 17.7 Å². The van der Waals surface area contributed by atoms with Gasteiger partial charge in [0.15, 0.2) is 0 Å². The van der Waals surface area contributed by atoms with Crippen molar-refractivity contribution in [1.29, 1.82) is 0 Å². The summed E-state index contributed by atoms with van der Waals surface area (Å²) < 4.78 is 30.6. The Bertz CT molecular complexity index is 259. The number of hydrogen-bond donors (Lipinski definition) is 0. The van der Waals surface area contributed by atoms with E-state index in [1.807, 2.05) is 41.5 Å². The van der Waals surface area contributed by atoms with Crippen LogP contribution in [0, 0.1) is 0 Å². The SMILES string of the molecule is CC(C)O[Si](CCCCCCCCCCF)(OC(C)C)OC(C)C. The molecule has 0 N–H and O–H groups in total. The third kappa shape index (κ3) is 13.3. The Morgan fingerprint density at radius 1 is 0.583 bits per heavy atom. The lowest BCUT2D eigenvalue weighted by Crippen LogP contribution is -2.50. The molecule has 0 heterocycles. The van der Waals surface area contributed by atoms with E-state index in [1.165, 1.54) is 25.7 Å². The summed E-state index contributed by atoms with van der Waals surface area (Å²) >= 11 is 0. The average molecular weight is 365 g/mol. The molecule has 0 saturated heterocycles. The molecule has 3 nitrogen and oxygen atoms in total. The number of alkyl halides is 1. The Morgan fingerprint density at radius 2 is 0.917 bits per heavy atom. The smallest absolute Gasteiger partial charge is 0.371 e. The van der Waals surface area contributed by atoms with Gasteiger partial charge in [0.2, 0.25) is 0 Å². The van der Waals surface area contributed by atoms with Gasteiger partial charge in [0, 0.05) is 24.4 Å². The molecular weight excluding hydrogens is 323 g/mol. The summed E-state index contributed by atoms with van der Waals surface area (Å²) in [7, 11) is -2.61. The molecule has 24 heavy (non-hydrogen) atoms. The molecule has 0 rings (SSSR count). The predicted octanol–water partition coefficient (Wildman–Crippen LogP) is 6.29. The maximum absolute atomic E-state index is 12.0. The molecule has 0 spiro atoms. The van der Waals surface area contributed by atoms with Crippen LogP contribution in [0.5, 0.6) is 0 Å². The molecular formula is C19H41FO3Si. The van der Waals surface area contributed by atoms with Crippen molar-refractivity contribution in [2.75, 3.05) is 6.67 Å². The van der Waals surface area contributed by atoms with Crippen LogP contribution < -0.4 is 0 Å². The molecule has 146 valence electrons. The van der Waals surface area contributed by atoms with Crippen LogP contribution in [-0.2, 0) is 13.3 Å². The van der Waals surface area contributed by atoms with Crippen LogP contribution >= 0.6 is 0 Å². The van der Waals surface area contributed by atoms with Gasteiger partial charge in [0.25, 0.3) is 0 Å². The molecule has 0 bridgehead atoms. The summed E-state index contributed by atoms with van der Waals surface area (Å²) in [5, 5.41) is 0. The third-order valence-electron chi connectivity index (χ3n) is 3.61. The summed E-state index contributed by atoms with van der Waals surface area (Å²) in [4.78, 5) is 0. The summed E-state index contributed by atoms with van der Waals surface area (Å²) in [5.41, 5.74) is 0. The molecule has 0 fully saturated rings. The lowest BCUT2D eigenvalue weighted by atomic mass is 10.1. The van der Waals surface area contributed by atoms with Gasteiger partial charge in [0.05, 0.1) is 6.67 Å². The molecule has 0 aromatic carbocycles. The predicted molar refractivity (Wildman–Crippen MR) is 102 cm³/mol. The van der Waals surface area contributed by atoms with Crippen molar-refractivity contribution in [3.63, 3.8) is 0 Å². The van der Waals surface area contributed by atoms with Crippen LogP contribution in [-0.4, -0.2) is 33.8 Å². The molecule has 0 aliphatic rings. The second kappa shape index (κ2) is 14.2. The van der Waals surface area contributed by atoms with E-state index < -0.39 is 8.80 Å². The summed E-state index contributed by atoms with van der Waals surface area (Å²) in [6.07, 6.45) is 9.21. The first-order valence-electron chi connectivity index (χ1n) is 9.90. The van der Waals surface area contributed by atoms with Gasteiger partial charge in [-0.05, 0) is 54.4 Å². The van der Waals surface area contributed by atoms with Crippen molar-refractivity contribution in [2.45, 2.75) is 117 Å². The van der Waals surface area contributed by atoms with Crippen LogP contribution in [0.25, 0.3) is 0 Å². The van der Waals surface area contributed by atoms with E-state index >= 15 is 0 Å². The third-order valence-corrected chi connectivity index (χ3v) is 7.07. The Labute approximate surface area is 151 Å². The van der Waals surface area contributed by atoms with Crippen molar-refractivity contribution in [1.82, 2.24) is 0 Å². The van der Waals surface area contributed by atoms with Gasteiger partial charge in [-0.1, -0.05) is 38.5 Å². The van der Waals surface area contributed by atoms with Crippen LogP contribution in [0.1, 0.15) is 92.9 Å². The minimum Gasteiger partial charge on any atom is -0.371 e. The fraction of sp³-hybridized carbons (Fsp3) is 1.00. The van der Waals surface area contributed by atoms with E-state index in [9.17, 15) is 4.39 Å². The van der Waals surface area contributed by atoms with Crippen molar-refractivity contribution in [3.8, 4) is 0 Å². The first-order valence-corrected chi connectivity index (χ1v) is 11.8. The molecule has 0 aliphatic carbocycles. The minimum atomic E-state index is -2.61. The second-order valence-electron chi connectivity index (χ2n) is 7.45. The van der Waals surface area contributed by atoms with E-state index in [1.54, 1.807) is 0 Å². The topological polar surface area (TPSA) is 27.7 Å². The number of rotatable bonds is 16. The highest BCUT2D eigenvalue weighted by Gasteiger charge is 2.43. The summed E-state index contributed by atoms with van der Waals surface area (Å²) in [6, 6.07) is 0.892. The standard InChI is InChI=1S/C19H41FO3Si/c1-17(2)21-24(22-18(3)4,23-19(5)6)16-14-12-10-8-7-9-11-13-15-20/h17-19H,7-16H2,1-6H3. The molecule has 0 unspecified atom stereocenters. The van der Waals surface area contributed by atoms with Gasteiger partial charge in [-0.25, -0.2) is 0 Å². The quantitative estimate of drug-likeness (QED) is 0.238. The molecule has 5 heteroatoms. The molecule has 0 atom stereocenters. The molecule has 0 saturated carbocycles.